The van der Waals surface area contributed by atoms with Crippen molar-refractivity contribution in [1.29, 1.82) is 0 Å². The van der Waals surface area contributed by atoms with Crippen LogP contribution in [0.4, 0.5) is 0 Å². The van der Waals surface area contributed by atoms with Crippen LogP contribution in [-0.4, -0.2) is 11.2 Å². The molecule has 0 spiro atoms. The monoisotopic (exact) mass is 210 g/mol. The Morgan fingerprint density at radius 2 is 1.93 bits per heavy atom. The minimum atomic E-state index is 0.0483. The quantitative estimate of drug-likeness (QED) is 0.732. The van der Waals surface area contributed by atoms with Crippen LogP contribution in [0.3, 0.4) is 0 Å². The van der Waals surface area contributed by atoms with E-state index < -0.39 is 0 Å². The van der Waals surface area contributed by atoms with E-state index in [0.29, 0.717) is 11.8 Å². The van der Waals surface area contributed by atoms with E-state index in [1.807, 2.05) is 0 Å². The third-order valence-electron chi connectivity index (χ3n) is 4.48. The molecule has 0 radical (unpaired) electrons. The molecule has 2 aliphatic carbocycles. The molecule has 0 heterocycles. The lowest BCUT2D eigenvalue weighted by molar-refractivity contribution is 0.0607. The molecule has 0 aromatic carbocycles. The molecule has 15 heavy (non-hydrogen) atoms. The first-order chi connectivity index (χ1) is 7.33. The summed E-state index contributed by atoms with van der Waals surface area (Å²) in [5, 5.41) is 10.3. The van der Waals surface area contributed by atoms with Crippen LogP contribution in [0.2, 0.25) is 0 Å². The Hall–Kier alpha value is -0.0400. The van der Waals surface area contributed by atoms with Gasteiger partial charge in [-0.2, -0.15) is 0 Å². The maximum Gasteiger partial charge on any atom is 0.0599 e. The average molecular weight is 210 g/mol. The molecule has 1 N–H and O–H groups in total. The van der Waals surface area contributed by atoms with Gasteiger partial charge in [-0.15, -0.1) is 0 Å². The van der Waals surface area contributed by atoms with Gasteiger partial charge in [0.15, 0.2) is 0 Å². The minimum Gasteiger partial charge on any atom is -0.393 e. The summed E-state index contributed by atoms with van der Waals surface area (Å²) in [4.78, 5) is 0. The van der Waals surface area contributed by atoms with E-state index in [4.69, 9.17) is 0 Å². The van der Waals surface area contributed by atoms with Gasteiger partial charge in [-0.05, 0) is 37.0 Å². The van der Waals surface area contributed by atoms with E-state index >= 15 is 0 Å². The van der Waals surface area contributed by atoms with E-state index in [1.54, 1.807) is 0 Å². The summed E-state index contributed by atoms with van der Waals surface area (Å²) in [6.07, 6.45) is 12.1. The van der Waals surface area contributed by atoms with Crippen molar-refractivity contribution in [1.82, 2.24) is 0 Å². The van der Waals surface area contributed by atoms with Crippen molar-refractivity contribution in [2.45, 2.75) is 70.8 Å². The molecule has 2 rings (SSSR count). The summed E-state index contributed by atoms with van der Waals surface area (Å²) in [5.74, 6) is 2.21. The van der Waals surface area contributed by atoms with E-state index in [-0.39, 0.29) is 6.10 Å². The molecule has 0 bridgehead atoms. The van der Waals surface area contributed by atoms with Gasteiger partial charge in [-0.25, -0.2) is 0 Å². The average Bonchev–Trinajstić information content (AvgIpc) is 3.06. The summed E-state index contributed by atoms with van der Waals surface area (Å²) < 4.78 is 0. The van der Waals surface area contributed by atoms with Gasteiger partial charge in [0.1, 0.15) is 0 Å². The van der Waals surface area contributed by atoms with Crippen LogP contribution in [0.25, 0.3) is 0 Å². The minimum absolute atomic E-state index is 0.0483. The van der Waals surface area contributed by atoms with Gasteiger partial charge in [0.2, 0.25) is 0 Å². The van der Waals surface area contributed by atoms with Crippen LogP contribution in [0.15, 0.2) is 0 Å². The molecular formula is C14H26O. The number of aliphatic hydroxyl groups is 1. The number of rotatable bonds is 5. The van der Waals surface area contributed by atoms with Crippen LogP contribution in [0.1, 0.15) is 64.7 Å². The first-order valence-corrected chi connectivity index (χ1v) is 7.01. The largest absolute Gasteiger partial charge is 0.393 e. The van der Waals surface area contributed by atoms with Crippen molar-refractivity contribution in [3.05, 3.63) is 0 Å². The Morgan fingerprint density at radius 1 is 1.20 bits per heavy atom. The van der Waals surface area contributed by atoms with Gasteiger partial charge >= 0.3 is 0 Å². The van der Waals surface area contributed by atoms with Gasteiger partial charge in [0, 0.05) is 0 Å². The molecule has 0 aromatic rings. The number of hydrogen-bond donors (Lipinski definition) is 1. The van der Waals surface area contributed by atoms with E-state index in [9.17, 15) is 5.11 Å². The number of aliphatic hydroxyl groups excluding tert-OH is 1. The fourth-order valence-corrected chi connectivity index (χ4v) is 3.31. The van der Waals surface area contributed by atoms with Crippen molar-refractivity contribution in [2.24, 2.45) is 17.8 Å². The first-order valence-electron chi connectivity index (χ1n) is 7.01. The zero-order chi connectivity index (χ0) is 10.7. The second kappa shape index (κ2) is 5.34. The molecule has 0 saturated heterocycles. The Balaban J connectivity index is 1.70. The van der Waals surface area contributed by atoms with E-state index in [1.165, 1.54) is 57.8 Å². The molecule has 1 nitrogen and oxygen atoms in total. The first kappa shape index (κ1) is 11.4. The normalized spacial score (nSPS) is 34.0. The highest BCUT2D eigenvalue weighted by Gasteiger charge is 2.44. The topological polar surface area (TPSA) is 20.2 Å². The van der Waals surface area contributed by atoms with Crippen molar-refractivity contribution in [2.75, 3.05) is 0 Å². The second-order valence-corrected chi connectivity index (χ2v) is 5.69. The van der Waals surface area contributed by atoms with E-state index in [2.05, 4.69) is 6.92 Å². The van der Waals surface area contributed by atoms with Crippen LogP contribution in [0, 0.1) is 17.8 Å². The number of hydrogen-bond acceptors (Lipinski definition) is 1. The Morgan fingerprint density at radius 3 is 2.60 bits per heavy atom. The molecule has 1 heteroatoms. The lowest BCUT2D eigenvalue weighted by atomic mass is 9.83. The molecule has 0 amide bonds. The molecule has 0 aliphatic heterocycles. The van der Waals surface area contributed by atoms with Crippen LogP contribution in [0.5, 0.6) is 0 Å². The van der Waals surface area contributed by atoms with Gasteiger partial charge in [-0.1, -0.05) is 45.4 Å². The maximum absolute atomic E-state index is 10.3. The lowest BCUT2D eigenvalue weighted by Gasteiger charge is -2.26. The predicted octanol–water partition coefficient (Wildman–Crippen LogP) is 3.75. The smallest absolute Gasteiger partial charge is 0.0599 e. The molecule has 2 fully saturated rings. The van der Waals surface area contributed by atoms with Crippen molar-refractivity contribution in [3.8, 4) is 0 Å². The van der Waals surface area contributed by atoms with Crippen molar-refractivity contribution in [3.63, 3.8) is 0 Å². The Bertz CT molecular complexity index is 184. The molecule has 0 unspecified atom stereocenters. The zero-order valence-electron chi connectivity index (χ0n) is 10.1. The molecule has 2 aliphatic rings. The fourth-order valence-electron chi connectivity index (χ4n) is 3.31. The maximum atomic E-state index is 10.3. The van der Waals surface area contributed by atoms with E-state index in [0.717, 1.165) is 5.92 Å². The summed E-state index contributed by atoms with van der Waals surface area (Å²) in [5.41, 5.74) is 0. The Kier molecular flexibility index (Phi) is 4.07. The molecule has 0 aromatic heterocycles. The molecule has 88 valence electrons. The zero-order valence-corrected chi connectivity index (χ0v) is 10.1. The Labute approximate surface area is 94.3 Å². The summed E-state index contributed by atoms with van der Waals surface area (Å²) in [6, 6.07) is 0. The van der Waals surface area contributed by atoms with Crippen molar-refractivity contribution < 1.29 is 5.11 Å². The molecule has 3 atom stereocenters. The van der Waals surface area contributed by atoms with Gasteiger partial charge in [-0.3, -0.25) is 0 Å². The lowest BCUT2D eigenvalue weighted by Crippen LogP contribution is -2.25. The third kappa shape index (κ3) is 2.96. The SMILES string of the molecule is CCCC[C@@H]1C[C@H]1[C@H](O)C1CCCCC1. The van der Waals surface area contributed by atoms with Crippen LogP contribution < -0.4 is 0 Å². The third-order valence-corrected chi connectivity index (χ3v) is 4.48. The van der Waals surface area contributed by atoms with Crippen LogP contribution >= 0.6 is 0 Å². The van der Waals surface area contributed by atoms with Crippen molar-refractivity contribution >= 4 is 0 Å². The highest BCUT2D eigenvalue weighted by atomic mass is 16.3. The number of unbranched alkanes of at least 4 members (excludes halogenated alkanes) is 1. The summed E-state index contributed by atoms with van der Waals surface area (Å²) in [6.45, 7) is 2.26. The fraction of sp³-hybridized carbons (Fsp3) is 1.00. The second-order valence-electron chi connectivity index (χ2n) is 5.69. The summed E-state index contributed by atoms with van der Waals surface area (Å²) in [7, 11) is 0. The predicted molar refractivity (Wildman–Crippen MR) is 63.7 cm³/mol. The molecule has 2 saturated carbocycles. The highest BCUT2D eigenvalue weighted by Crippen LogP contribution is 2.48. The van der Waals surface area contributed by atoms with Gasteiger partial charge in [0.05, 0.1) is 6.10 Å². The van der Waals surface area contributed by atoms with Gasteiger partial charge < -0.3 is 5.11 Å². The standard InChI is InChI=1S/C14H26O/c1-2-3-7-12-10-13(12)14(15)11-8-5-4-6-9-11/h11-15H,2-10H2,1H3/t12-,13-,14-/m1/s1. The van der Waals surface area contributed by atoms with Gasteiger partial charge in [0.25, 0.3) is 0 Å². The molecular weight excluding hydrogens is 184 g/mol. The summed E-state index contributed by atoms with van der Waals surface area (Å²) >= 11 is 0. The van der Waals surface area contributed by atoms with Crippen LogP contribution in [-0.2, 0) is 0 Å². The highest BCUT2D eigenvalue weighted by molar-refractivity contribution is 4.94.